The fourth-order valence-electron chi connectivity index (χ4n) is 2.52. The van der Waals surface area contributed by atoms with Crippen LogP contribution in [0, 0.1) is 0 Å². The van der Waals surface area contributed by atoms with Gasteiger partial charge in [0.25, 0.3) is 5.91 Å². The van der Waals surface area contributed by atoms with E-state index in [9.17, 15) is 9.59 Å². The van der Waals surface area contributed by atoms with Gasteiger partial charge in [-0.1, -0.05) is 26.0 Å². The monoisotopic (exact) mass is 303 g/mol. The number of hydrogen-bond donors (Lipinski definition) is 1. The van der Waals surface area contributed by atoms with Gasteiger partial charge in [0, 0.05) is 38.8 Å². The summed E-state index contributed by atoms with van der Waals surface area (Å²) < 4.78 is 0. The van der Waals surface area contributed by atoms with Crippen LogP contribution in [0.1, 0.15) is 35.7 Å². The van der Waals surface area contributed by atoms with Gasteiger partial charge in [0.2, 0.25) is 5.91 Å². The number of piperazine rings is 1. The zero-order chi connectivity index (χ0) is 16.1. The van der Waals surface area contributed by atoms with Gasteiger partial charge in [-0.3, -0.25) is 9.59 Å². The molecule has 2 amide bonds. The second kappa shape index (κ2) is 7.40. The first-order valence-corrected chi connectivity index (χ1v) is 7.83. The summed E-state index contributed by atoms with van der Waals surface area (Å²) in [6.07, 6.45) is 0. The predicted molar refractivity (Wildman–Crippen MR) is 86.9 cm³/mol. The largest absolute Gasteiger partial charge is 0.339 e. The fourth-order valence-corrected chi connectivity index (χ4v) is 2.52. The third kappa shape index (κ3) is 4.07. The SMILES string of the molecule is CC(C)c1ccc(C(=O)N(C)CC(=O)N2CCNCC2)cc1. The van der Waals surface area contributed by atoms with Crippen molar-refractivity contribution in [1.29, 1.82) is 0 Å². The molecule has 1 aromatic carbocycles. The normalized spacial score (nSPS) is 15.0. The second-order valence-corrected chi connectivity index (χ2v) is 6.07. The highest BCUT2D eigenvalue weighted by molar-refractivity contribution is 5.96. The topological polar surface area (TPSA) is 52.7 Å². The van der Waals surface area contributed by atoms with E-state index in [1.54, 1.807) is 7.05 Å². The van der Waals surface area contributed by atoms with Crippen LogP contribution in [0.2, 0.25) is 0 Å². The van der Waals surface area contributed by atoms with E-state index in [1.165, 1.54) is 10.5 Å². The first-order valence-electron chi connectivity index (χ1n) is 7.83. The van der Waals surface area contributed by atoms with Gasteiger partial charge in [-0.25, -0.2) is 0 Å². The third-order valence-electron chi connectivity index (χ3n) is 4.01. The van der Waals surface area contributed by atoms with Crippen molar-refractivity contribution in [1.82, 2.24) is 15.1 Å². The molecule has 120 valence electrons. The van der Waals surface area contributed by atoms with E-state index in [1.807, 2.05) is 29.2 Å². The molecule has 0 saturated carbocycles. The molecular weight excluding hydrogens is 278 g/mol. The van der Waals surface area contributed by atoms with Crippen LogP contribution in [0.25, 0.3) is 0 Å². The molecule has 0 spiro atoms. The van der Waals surface area contributed by atoms with E-state index < -0.39 is 0 Å². The lowest BCUT2D eigenvalue weighted by atomic mass is 10.0. The Balaban J connectivity index is 1.94. The van der Waals surface area contributed by atoms with Crippen LogP contribution in [0.3, 0.4) is 0 Å². The molecule has 1 aliphatic heterocycles. The van der Waals surface area contributed by atoms with E-state index >= 15 is 0 Å². The van der Waals surface area contributed by atoms with Crippen molar-refractivity contribution in [3.63, 3.8) is 0 Å². The summed E-state index contributed by atoms with van der Waals surface area (Å²) in [5.74, 6) is 0.339. The van der Waals surface area contributed by atoms with Crippen LogP contribution in [-0.2, 0) is 4.79 Å². The van der Waals surface area contributed by atoms with Crippen molar-refractivity contribution >= 4 is 11.8 Å². The van der Waals surface area contributed by atoms with Gasteiger partial charge in [-0.15, -0.1) is 0 Å². The van der Waals surface area contributed by atoms with Gasteiger partial charge < -0.3 is 15.1 Å². The molecule has 0 atom stereocenters. The first kappa shape index (κ1) is 16.5. The Morgan fingerprint density at radius 1 is 1.18 bits per heavy atom. The van der Waals surface area contributed by atoms with Crippen molar-refractivity contribution in [2.75, 3.05) is 39.8 Å². The summed E-state index contributed by atoms with van der Waals surface area (Å²) >= 11 is 0. The van der Waals surface area contributed by atoms with E-state index in [0.29, 0.717) is 24.6 Å². The van der Waals surface area contributed by atoms with Gasteiger partial charge in [0.15, 0.2) is 0 Å². The molecule has 1 aliphatic rings. The number of rotatable bonds is 4. The predicted octanol–water partition coefficient (Wildman–Crippen LogP) is 1.31. The number of amides is 2. The summed E-state index contributed by atoms with van der Waals surface area (Å²) in [6, 6.07) is 7.63. The molecule has 1 saturated heterocycles. The standard InChI is InChI=1S/C17H25N3O2/c1-13(2)14-4-6-15(7-5-14)17(22)19(3)12-16(21)20-10-8-18-9-11-20/h4-7,13,18H,8-12H2,1-3H3. The van der Waals surface area contributed by atoms with E-state index in [0.717, 1.165) is 13.1 Å². The molecule has 2 rings (SSSR count). The lowest BCUT2D eigenvalue weighted by Crippen LogP contribution is -2.49. The van der Waals surface area contributed by atoms with E-state index in [2.05, 4.69) is 19.2 Å². The maximum atomic E-state index is 12.4. The average Bonchev–Trinajstić information content (AvgIpc) is 2.55. The lowest BCUT2D eigenvalue weighted by molar-refractivity contribution is -0.132. The number of likely N-dealkylation sites (N-methyl/N-ethyl adjacent to an activating group) is 1. The third-order valence-corrected chi connectivity index (χ3v) is 4.01. The van der Waals surface area contributed by atoms with Crippen LogP contribution in [0.4, 0.5) is 0 Å². The Hall–Kier alpha value is -1.88. The zero-order valence-corrected chi connectivity index (χ0v) is 13.6. The molecule has 22 heavy (non-hydrogen) atoms. The smallest absolute Gasteiger partial charge is 0.254 e. The van der Waals surface area contributed by atoms with Crippen LogP contribution in [0.5, 0.6) is 0 Å². The number of nitrogens with one attached hydrogen (secondary N) is 1. The molecule has 1 N–H and O–H groups in total. The van der Waals surface area contributed by atoms with Crippen LogP contribution < -0.4 is 5.32 Å². The average molecular weight is 303 g/mol. The second-order valence-electron chi connectivity index (χ2n) is 6.07. The van der Waals surface area contributed by atoms with Crippen molar-refractivity contribution < 1.29 is 9.59 Å². The van der Waals surface area contributed by atoms with Crippen molar-refractivity contribution in [2.24, 2.45) is 0 Å². The van der Waals surface area contributed by atoms with Crippen LogP contribution in [-0.4, -0.2) is 61.4 Å². The van der Waals surface area contributed by atoms with Crippen LogP contribution in [0.15, 0.2) is 24.3 Å². The number of carbonyl (C=O) groups excluding carboxylic acids is 2. The van der Waals surface area contributed by atoms with Crippen molar-refractivity contribution in [3.05, 3.63) is 35.4 Å². The zero-order valence-electron chi connectivity index (χ0n) is 13.6. The Kier molecular flexibility index (Phi) is 5.55. The Morgan fingerprint density at radius 3 is 2.32 bits per heavy atom. The molecule has 1 fully saturated rings. The Morgan fingerprint density at radius 2 is 1.77 bits per heavy atom. The molecular formula is C17H25N3O2. The number of hydrogen-bond acceptors (Lipinski definition) is 3. The summed E-state index contributed by atoms with van der Waals surface area (Å²) in [7, 11) is 1.68. The lowest BCUT2D eigenvalue weighted by Gasteiger charge is -2.29. The molecule has 0 aliphatic carbocycles. The number of nitrogens with zero attached hydrogens (tertiary/aromatic N) is 2. The van der Waals surface area contributed by atoms with Crippen molar-refractivity contribution in [3.8, 4) is 0 Å². The molecule has 1 heterocycles. The van der Waals surface area contributed by atoms with Gasteiger partial charge in [0.1, 0.15) is 0 Å². The van der Waals surface area contributed by atoms with Crippen LogP contribution >= 0.6 is 0 Å². The molecule has 1 aromatic rings. The van der Waals surface area contributed by atoms with Gasteiger partial charge in [-0.05, 0) is 23.6 Å². The highest BCUT2D eigenvalue weighted by Crippen LogP contribution is 2.15. The minimum atomic E-state index is -0.112. The fraction of sp³-hybridized carbons (Fsp3) is 0.529. The summed E-state index contributed by atoms with van der Waals surface area (Å²) in [4.78, 5) is 27.9. The molecule has 0 bridgehead atoms. The maximum absolute atomic E-state index is 12.4. The number of benzene rings is 1. The molecule has 0 aromatic heterocycles. The highest BCUT2D eigenvalue weighted by atomic mass is 16.2. The highest BCUT2D eigenvalue weighted by Gasteiger charge is 2.20. The minimum absolute atomic E-state index is 0.0103. The summed E-state index contributed by atoms with van der Waals surface area (Å²) in [6.45, 7) is 7.43. The summed E-state index contributed by atoms with van der Waals surface area (Å²) in [5, 5.41) is 3.21. The minimum Gasteiger partial charge on any atom is -0.339 e. The van der Waals surface area contributed by atoms with Gasteiger partial charge >= 0.3 is 0 Å². The molecule has 0 unspecified atom stereocenters. The molecule has 5 heteroatoms. The number of carbonyl (C=O) groups is 2. The molecule has 0 radical (unpaired) electrons. The first-order chi connectivity index (χ1) is 10.5. The van der Waals surface area contributed by atoms with Gasteiger partial charge in [0.05, 0.1) is 6.54 Å². The quantitative estimate of drug-likeness (QED) is 0.912. The Labute approximate surface area is 132 Å². The van der Waals surface area contributed by atoms with Gasteiger partial charge in [-0.2, -0.15) is 0 Å². The van der Waals surface area contributed by atoms with E-state index in [4.69, 9.17) is 0 Å². The maximum Gasteiger partial charge on any atom is 0.254 e. The molecule has 5 nitrogen and oxygen atoms in total. The summed E-state index contributed by atoms with van der Waals surface area (Å²) in [5.41, 5.74) is 1.83. The van der Waals surface area contributed by atoms with Crippen molar-refractivity contribution in [2.45, 2.75) is 19.8 Å². The van der Waals surface area contributed by atoms with E-state index in [-0.39, 0.29) is 18.4 Å². The Bertz CT molecular complexity index is 519.